The van der Waals surface area contributed by atoms with Crippen LogP contribution in [0.4, 0.5) is 0 Å². The molecule has 2 heteroatoms. The molecule has 1 fully saturated rings. The summed E-state index contributed by atoms with van der Waals surface area (Å²) in [5, 5.41) is 0. The van der Waals surface area contributed by atoms with Crippen molar-refractivity contribution in [3.8, 4) is 0 Å². The van der Waals surface area contributed by atoms with Crippen LogP contribution in [0, 0.1) is 11.8 Å². The number of rotatable bonds is 1. The second-order valence-electron chi connectivity index (χ2n) is 3.72. The standard InChI is InChI=1S/C9H17BrO/c1-6-4-8(10)5-7(2)9(6)11-3/h6-9H,4-5H2,1-3H3. The van der Waals surface area contributed by atoms with Crippen LogP contribution >= 0.6 is 15.9 Å². The highest BCUT2D eigenvalue weighted by atomic mass is 79.9. The summed E-state index contributed by atoms with van der Waals surface area (Å²) in [6.07, 6.45) is 2.98. The Balaban J connectivity index is 2.52. The third-order valence-electron chi connectivity index (χ3n) is 2.65. The van der Waals surface area contributed by atoms with Gasteiger partial charge in [-0.15, -0.1) is 0 Å². The van der Waals surface area contributed by atoms with Crippen LogP contribution in [-0.4, -0.2) is 18.0 Å². The van der Waals surface area contributed by atoms with Crippen LogP contribution in [0.1, 0.15) is 26.7 Å². The molecule has 1 aliphatic carbocycles. The van der Waals surface area contributed by atoms with Crippen molar-refractivity contribution in [3.63, 3.8) is 0 Å². The SMILES string of the molecule is COC1C(C)CC(Br)CC1C. The Labute approximate surface area is 77.6 Å². The topological polar surface area (TPSA) is 9.23 Å². The second kappa shape index (κ2) is 3.90. The summed E-state index contributed by atoms with van der Waals surface area (Å²) < 4.78 is 5.44. The quantitative estimate of drug-likeness (QED) is 0.618. The number of ether oxygens (including phenoxy) is 1. The Bertz CT molecular complexity index is 115. The summed E-state index contributed by atoms with van der Waals surface area (Å²) in [4.78, 5) is 0.707. The number of hydrogen-bond acceptors (Lipinski definition) is 1. The van der Waals surface area contributed by atoms with Gasteiger partial charge < -0.3 is 4.74 Å². The fourth-order valence-electron chi connectivity index (χ4n) is 2.20. The van der Waals surface area contributed by atoms with Gasteiger partial charge in [-0.05, 0) is 24.7 Å². The van der Waals surface area contributed by atoms with Gasteiger partial charge in [0.1, 0.15) is 0 Å². The first kappa shape index (κ1) is 9.53. The average molecular weight is 221 g/mol. The average Bonchev–Trinajstić information content (AvgIpc) is 1.85. The van der Waals surface area contributed by atoms with Crippen molar-refractivity contribution in [1.82, 2.24) is 0 Å². The Morgan fingerprint density at radius 3 is 2.00 bits per heavy atom. The molecule has 1 saturated carbocycles. The van der Waals surface area contributed by atoms with E-state index < -0.39 is 0 Å². The minimum Gasteiger partial charge on any atom is -0.381 e. The van der Waals surface area contributed by atoms with Gasteiger partial charge in [-0.1, -0.05) is 29.8 Å². The van der Waals surface area contributed by atoms with Crippen molar-refractivity contribution < 1.29 is 4.74 Å². The highest BCUT2D eigenvalue weighted by Gasteiger charge is 2.31. The Hall–Kier alpha value is 0.440. The van der Waals surface area contributed by atoms with Gasteiger partial charge >= 0.3 is 0 Å². The third kappa shape index (κ3) is 2.19. The molecule has 0 aromatic carbocycles. The van der Waals surface area contributed by atoms with Crippen LogP contribution in [-0.2, 0) is 4.74 Å². The van der Waals surface area contributed by atoms with E-state index in [1.54, 1.807) is 0 Å². The molecule has 66 valence electrons. The first-order valence-electron chi connectivity index (χ1n) is 4.32. The lowest BCUT2D eigenvalue weighted by Crippen LogP contribution is -2.35. The second-order valence-corrected chi connectivity index (χ2v) is 5.02. The van der Waals surface area contributed by atoms with Crippen LogP contribution in [0.2, 0.25) is 0 Å². The maximum atomic E-state index is 5.44. The lowest BCUT2D eigenvalue weighted by Gasteiger charge is -2.35. The summed E-state index contributed by atoms with van der Waals surface area (Å²) in [7, 11) is 1.83. The fourth-order valence-corrected chi connectivity index (χ4v) is 3.38. The predicted molar refractivity (Wildman–Crippen MR) is 51.1 cm³/mol. The molecule has 0 N–H and O–H groups in total. The largest absolute Gasteiger partial charge is 0.381 e. The van der Waals surface area contributed by atoms with Crippen LogP contribution in [0.25, 0.3) is 0 Å². The molecule has 1 rings (SSSR count). The van der Waals surface area contributed by atoms with Crippen molar-refractivity contribution in [2.24, 2.45) is 11.8 Å². The smallest absolute Gasteiger partial charge is 0.0623 e. The highest BCUT2D eigenvalue weighted by Crippen LogP contribution is 2.34. The minimum atomic E-state index is 0.476. The molecule has 1 aliphatic rings. The first-order valence-corrected chi connectivity index (χ1v) is 5.23. The monoisotopic (exact) mass is 220 g/mol. The summed E-state index contributed by atoms with van der Waals surface area (Å²) >= 11 is 3.67. The molecule has 0 aromatic rings. The molecule has 2 unspecified atom stereocenters. The maximum absolute atomic E-state index is 5.44. The zero-order valence-corrected chi connectivity index (χ0v) is 9.10. The molecule has 0 amide bonds. The fraction of sp³-hybridized carbons (Fsp3) is 1.00. The number of alkyl halides is 1. The van der Waals surface area contributed by atoms with E-state index in [1.165, 1.54) is 12.8 Å². The van der Waals surface area contributed by atoms with E-state index in [0.717, 1.165) is 0 Å². The van der Waals surface area contributed by atoms with Gasteiger partial charge in [0.15, 0.2) is 0 Å². The van der Waals surface area contributed by atoms with Gasteiger partial charge in [-0.3, -0.25) is 0 Å². The molecule has 2 atom stereocenters. The molecule has 0 spiro atoms. The zero-order chi connectivity index (χ0) is 8.43. The van der Waals surface area contributed by atoms with Crippen LogP contribution in [0.3, 0.4) is 0 Å². The van der Waals surface area contributed by atoms with Gasteiger partial charge in [0, 0.05) is 11.9 Å². The Morgan fingerprint density at radius 1 is 1.18 bits per heavy atom. The van der Waals surface area contributed by atoms with Gasteiger partial charge in [-0.25, -0.2) is 0 Å². The number of halogens is 1. The minimum absolute atomic E-state index is 0.476. The van der Waals surface area contributed by atoms with Gasteiger partial charge in [0.2, 0.25) is 0 Å². The summed E-state index contributed by atoms with van der Waals surface area (Å²) in [5.74, 6) is 1.40. The van der Waals surface area contributed by atoms with Gasteiger partial charge in [0.05, 0.1) is 6.10 Å². The van der Waals surface area contributed by atoms with Gasteiger partial charge in [-0.2, -0.15) is 0 Å². The van der Waals surface area contributed by atoms with Crippen LogP contribution in [0.5, 0.6) is 0 Å². The van der Waals surface area contributed by atoms with Crippen molar-refractivity contribution in [2.45, 2.75) is 37.6 Å². The number of methoxy groups -OCH3 is 1. The Kier molecular flexibility index (Phi) is 3.38. The molecular weight excluding hydrogens is 204 g/mol. The van der Waals surface area contributed by atoms with Gasteiger partial charge in [0.25, 0.3) is 0 Å². The lowest BCUT2D eigenvalue weighted by molar-refractivity contribution is -0.00456. The van der Waals surface area contributed by atoms with Crippen molar-refractivity contribution in [2.75, 3.05) is 7.11 Å². The van der Waals surface area contributed by atoms with E-state index in [-0.39, 0.29) is 0 Å². The third-order valence-corrected chi connectivity index (χ3v) is 3.40. The molecule has 0 aliphatic heterocycles. The maximum Gasteiger partial charge on any atom is 0.0623 e. The van der Waals surface area contributed by atoms with Crippen molar-refractivity contribution in [1.29, 1.82) is 0 Å². The Morgan fingerprint density at radius 2 is 1.64 bits per heavy atom. The van der Waals surface area contributed by atoms with E-state index in [9.17, 15) is 0 Å². The molecule has 0 aromatic heterocycles. The molecule has 1 nitrogen and oxygen atoms in total. The molecule has 0 heterocycles. The van der Waals surface area contributed by atoms with E-state index in [1.807, 2.05) is 7.11 Å². The summed E-state index contributed by atoms with van der Waals surface area (Å²) in [6, 6.07) is 0. The van der Waals surface area contributed by atoms with Crippen LogP contribution in [0.15, 0.2) is 0 Å². The molecule has 0 saturated heterocycles. The molecule has 0 radical (unpaired) electrons. The van der Waals surface area contributed by atoms with Crippen molar-refractivity contribution in [3.05, 3.63) is 0 Å². The normalized spacial score (nSPS) is 45.8. The highest BCUT2D eigenvalue weighted by molar-refractivity contribution is 9.09. The van der Waals surface area contributed by atoms with E-state index in [4.69, 9.17) is 4.74 Å². The van der Waals surface area contributed by atoms with Crippen molar-refractivity contribution >= 4 is 15.9 Å². The van der Waals surface area contributed by atoms with E-state index in [2.05, 4.69) is 29.8 Å². The molecular formula is C9H17BrO. The summed E-state index contributed by atoms with van der Waals surface area (Å²) in [6.45, 7) is 4.55. The molecule has 11 heavy (non-hydrogen) atoms. The summed E-state index contributed by atoms with van der Waals surface area (Å²) in [5.41, 5.74) is 0. The lowest BCUT2D eigenvalue weighted by atomic mass is 9.80. The van der Waals surface area contributed by atoms with E-state index in [0.29, 0.717) is 22.8 Å². The van der Waals surface area contributed by atoms with E-state index >= 15 is 0 Å². The van der Waals surface area contributed by atoms with Crippen LogP contribution < -0.4 is 0 Å². The zero-order valence-electron chi connectivity index (χ0n) is 7.51. The molecule has 0 bridgehead atoms. The first-order chi connectivity index (χ1) is 5.15. The number of hydrogen-bond donors (Lipinski definition) is 0. The predicted octanol–water partition coefficient (Wildman–Crippen LogP) is 2.83.